The maximum atomic E-state index is 13.8. The zero-order valence-electron chi connectivity index (χ0n) is 23.3. The summed E-state index contributed by atoms with van der Waals surface area (Å²) in [4.78, 5) is 0.114. The van der Waals surface area contributed by atoms with E-state index in [-0.39, 0.29) is 35.2 Å². The van der Waals surface area contributed by atoms with E-state index in [0.717, 1.165) is 11.1 Å². The van der Waals surface area contributed by atoms with Crippen LogP contribution in [0.1, 0.15) is 19.4 Å². The van der Waals surface area contributed by atoms with Crippen molar-refractivity contribution in [3.05, 3.63) is 72.3 Å². The highest BCUT2D eigenvalue weighted by atomic mass is 32.2. The molecule has 0 aromatic heterocycles. The Morgan fingerprint density at radius 3 is 2.45 bits per heavy atom. The highest BCUT2D eigenvalue weighted by molar-refractivity contribution is 7.89. The summed E-state index contributed by atoms with van der Waals surface area (Å²) in [6, 6.07) is 18.1. The van der Waals surface area contributed by atoms with Crippen molar-refractivity contribution in [2.45, 2.75) is 42.7 Å². The second-order valence-corrected chi connectivity index (χ2v) is 14.1. The number of nitrogens with zero attached hydrogens (tertiary/aromatic N) is 2. The van der Waals surface area contributed by atoms with E-state index in [2.05, 4.69) is 0 Å². The number of rotatable bonds is 8. The van der Waals surface area contributed by atoms with Gasteiger partial charge in [-0.05, 0) is 49.7 Å². The molecule has 4 rings (SSSR count). The van der Waals surface area contributed by atoms with Crippen LogP contribution in [0, 0.1) is 12.8 Å². The number of aliphatic hydroxyl groups excluding tert-OH is 1. The minimum Gasteiger partial charge on any atom is -0.496 e. The molecule has 0 bridgehead atoms. The first kappa shape index (κ1) is 30.0. The van der Waals surface area contributed by atoms with Crippen molar-refractivity contribution in [1.29, 1.82) is 0 Å². The lowest BCUT2D eigenvalue weighted by Gasteiger charge is -2.37. The van der Waals surface area contributed by atoms with E-state index in [0.29, 0.717) is 11.3 Å². The molecule has 9 nitrogen and oxygen atoms in total. The number of aryl methyl sites for hydroxylation is 1. The molecule has 216 valence electrons. The monoisotopic (exact) mass is 588 g/mol. The zero-order chi connectivity index (χ0) is 29.2. The fraction of sp³-hybridized carbons (Fsp3) is 0.379. The lowest BCUT2D eigenvalue weighted by atomic mass is 10.0. The van der Waals surface area contributed by atoms with Crippen molar-refractivity contribution < 1.29 is 31.4 Å². The van der Waals surface area contributed by atoms with Crippen LogP contribution in [0.2, 0.25) is 0 Å². The lowest BCUT2D eigenvalue weighted by molar-refractivity contribution is 0.0905. The van der Waals surface area contributed by atoms with Gasteiger partial charge in [-0.2, -0.15) is 8.61 Å². The highest BCUT2D eigenvalue weighted by Gasteiger charge is 2.39. The van der Waals surface area contributed by atoms with E-state index in [4.69, 9.17) is 9.47 Å². The third-order valence-corrected chi connectivity index (χ3v) is 11.1. The number of likely N-dealkylation sites (N-methyl/N-ethyl adjacent to an activating group) is 1. The number of hydrogen-bond acceptors (Lipinski definition) is 7. The van der Waals surface area contributed by atoms with E-state index in [9.17, 15) is 21.9 Å². The Labute approximate surface area is 237 Å². The first-order chi connectivity index (χ1) is 18.9. The molecule has 0 saturated carbocycles. The van der Waals surface area contributed by atoms with Crippen LogP contribution in [-0.4, -0.2) is 76.6 Å². The van der Waals surface area contributed by atoms with Gasteiger partial charge in [0.05, 0.1) is 25.2 Å². The van der Waals surface area contributed by atoms with Gasteiger partial charge in [0.15, 0.2) is 0 Å². The van der Waals surface area contributed by atoms with Crippen molar-refractivity contribution in [1.82, 2.24) is 8.61 Å². The maximum Gasteiger partial charge on any atom is 0.247 e. The maximum absolute atomic E-state index is 13.8. The molecule has 0 saturated heterocycles. The predicted molar refractivity (Wildman–Crippen MR) is 153 cm³/mol. The van der Waals surface area contributed by atoms with Crippen LogP contribution in [0.25, 0.3) is 11.1 Å². The molecule has 0 amide bonds. The number of methoxy groups -OCH3 is 1. The van der Waals surface area contributed by atoms with Gasteiger partial charge in [-0.1, -0.05) is 48.9 Å². The van der Waals surface area contributed by atoms with E-state index >= 15 is 0 Å². The smallest absolute Gasteiger partial charge is 0.247 e. The fourth-order valence-corrected chi connectivity index (χ4v) is 7.74. The van der Waals surface area contributed by atoms with Gasteiger partial charge in [0, 0.05) is 31.1 Å². The van der Waals surface area contributed by atoms with Crippen LogP contribution in [0.4, 0.5) is 0 Å². The summed E-state index contributed by atoms with van der Waals surface area (Å²) >= 11 is 0. The summed E-state index contributed by atoms with van der Waals surface area (Å²) in [7, 11) is -4.83. The molecule has 1 N–H and O–H groups in total. The van der Waals surface area contributed by atoms with Crippen LogP contribution in [0.5, 0.6) is 11.5 Å². The number of benzene rings is 3. The fourth-order valence-electron chi connectivity index (χ4n) is 4.74. The van der Waals surface area contributed by atoms with Crippen molar-refractivity contribution >= 4 is 20.0 Å². The van der Waals surface area contributed by atoms with Gasteiger partial charge < -0.3 is 14.6 Å². The Morgan fingerprint density at radius 1 is 1.12 bits per heavy atom. The van der Waals surface area contributed by atoms with Gasteiger partial charge in [-0.15, -0.1) is 0 Å². The zero-order valence-corrected chi connectivity index (χ0v) is 24.9. The molecule has 0 fully saturated rings. The SMILES string of the molecule is COc1ccccc1-c1ccc2c(c1)O[C@H](CN(C)S(=O)(=O)c1ccc(C)cc1)[C@H](C)CN([C@H](C)CO)S2(=O)=O. The topological polar surface area (TPSA) is 113 Å². The van der Waals surface area contributed by atoms with Crippen molar-refractivity contribution in [3.63, 3.8) is 0 Å². The molecule has 0 unspecified atom stereocenters. The van der Waals surface area contributed by atoms with E-state index in [1.54, 1.807) is 50.4 Å². The second kappa shape index (κ2) is 11.9. The van der Waals surface area contributed by atoms with Crippen molar-refractivity contribution in [2.24, 2.45) is 5.92 Å². The molecule has 1 aliphatic heterocycles. The molecular weight excluding hydrogens is 552 g/mol. The Hall–Kier alpha value is -2.96. The quantitative estimate of drug-likeness (QED) is 0.426. The van der Waals surface area contributed by atoms with Crippen LogP contribution in [0.3, 0.4) is 0 Å². The van der Waals surface area contributed by atoms with Crippen LogP contribution >= 0.6 is 0 Å². The largest absolute Gasteiger partial charge is 0.496 e. The average Bonchev–Trinajstić information content (AvgIpc) is 2.94. The van der Waals surface area contributed by atoms with Crippen molar-refractivity contribution in [2.75, 3.05) is 33.9 Å². The molecular formula is C29H36N2O7S2. The molecule has 1 heterocycles. The minimum absolute atomic E-state index is 0.0168. The number of fused-ring (bicyclic) bond motifs is 1. The molecule has 0 radical (unpaired) electrons. The Balaban J connectivity index is 1.79. The van der Waals surface area contributed by atoms with E-state index in [1.165, 1.54) is 21.7 Å². The number of hydrogen-bond donors (Lipinski definition) is 1. The van der Waals surface area contributed by atoms with Gasteiger partial charge in [0.2, 0.25) is 20.0 Å². The molecule has 3 aromatic carbocycles. The lowest BCUT2D eigenvalue weighted by Crippen LogP contribution is -2.50. The van der Waals surface area contributed by atoms with Gasteiger partial charge in [-0.3, -0.25) is 0 Å². The number of para-hydroxylation sites is 1. The summed E-state index contributed by atoms with van der Waals surface area (Å²) in [5.41, 5.74) is 2.38. The predicted octanol–water partition coefficient (Wildman–Crippen LogP) is 3.76. The van der Waals surface area contributed by atoms with Crippen LogP contribution < -0.4 is 9.47 Å². The third-order valence-electron chi connectivity index (χ3n) is 7.25. The summed E-state index contributed by atoms with van der Waals surface area (Å²) in [5, 5.41) is 9.89. The summed E-state index contributed by atoms with van der Waals surface area (Å²) in [6.07, 6.45) is -0.694. The third kappa shape index (κ3) is 5.89. The summed E-state index contributed by atoms with van der Waals surface area (Å²) in [6.45, 7) is 5.00. The Kier molecular flexibility index (Phi) is 8.91. The second-order valence-electron chi connectivity index (χ2n) is 10.2. The first-order valence-electron chi connectivity index (χ1n) is 13.0. The molecule has 1 aliphatic rings. The molecule has 0 spiro atoms. The molecule has 3 aromatic rings. The Morgan fingerprint density at radius 2 is 1.80 bits per heavy atom. The summed E-state index contributed by atoms with van der Waals surface area (Å²) < 4.78 is 68.7. The van der Waals surface area contributed by atoms with Gasteiger partial charge >= 0.3 is 0 Å². The standard InChI is InChI=1S/C29H36N2O7S2/c1-20-10-13-24(14-11-20)39(33,34)30(4)18-28-21(2)17-31(22(3)19-32)40(35,36)29-15-12-23(16-27(29)38-28)25-8-6-7-9-26(25)37-5/h6-16,21-22,28,32H,17-19H2,1-5H3/t21-,22-,28-/m1/s1. The number of ether oxygens (including phenoxy) is 2. The normalized spacial score (nSPS) is 20.2. The minimum atomic E-state index is -4.04. The molecule has 11 heteroatoms. The first-order valence-corrected chi connectivity index (χ1v) is 15.9. The van der Waals surface area contributed by atoms with Crippen LogP contribution in [0.15, 0.2) is 76.5 Å². The van der Waals surface area contributed by atoms with Gasteiger partial charge in [0.1, 0.15) is 22.5 Å². The number of sulfonamides is 2. The highest BCUT2D eigenvalue weighted by Crippen LogP contribution is 2.39. The van der Waals surface area contributed by atoms with Gasteiger partial charge in [-0.25, -0.2) is 16.8 Å². The van der Waals surface area contributed by atoms with E-state index < -0.39 is 38.1 Å². The van der Waals surface area contributed by atoms with Crippen molar-refractivity contribution in [3.8, 4) is 22.6 Å². The molecule has 0 aliphatic carbocycles. The molecule has 3 atom stereocenters. The van der Waals surface area contributed by atoms with E-state index in [1.807, 2.05) is 38.1 Å². The average molecular weight is 589 g/mol. The van der Waals surface area contributed by atoms with Crippen LogP contribution in [-0.2, 0) is 20.0 Å². The van der Waals surface area contributed by atoms with Gasteiger partial charge in [0.25, 0.3) is 0 Å². The molecule has 40 heavy (non-hydrogen) atoms. The Bertz CT molecular complexity index is 1560. The summed E-state index contributed by atoms with van der Waals surface area (Å²) in [5.74, 6) is 0.305. The number of aliphatic hydroxyl groups is 1.